The van der Waals surface area contributed by atoms with Crippen molar-refractivity contribution in [3.05, 3.63) is 0 Å². The van der Waals surface area contributed by atoms with E-state index in [2.05, 4.69) is 19.2 Å². The number of carbonyl (C=O) groups excluding carboxylic acids is 1. The molecule has 2 N–H and O–H groups in total. The van der Waals surface area contributed by atoms with Gasteiger partial charge in [-0.15, -0.1) is 0 Å². The van der Waals surface area contributed by atoms with Gasteiger partial charge in [0.2, 0.25) is 0 Å². The summed E-state index contributed by atoms with van der Waals surface area (Å²) in [5, 5.41) is 12.2. The van der Waals surface area contributed by atoms with Crippen LogP contribution in [0.2, 0.25) is 0 Å². The van der Waals surface area contributed by atoms with Crippen LogP contribution in [0.25, 0.3) is 0 Å². The first-order valence-corrected chi connectivity index (χ1v) is 8.01. The number of rotatable bonds is 5. The summed E-state index contributed by atoms with van der Waals surface area (Å²) in [6, 6.07) is 0.418. The summed E-state index contributed by atoms with van der Waals surface area (Å²) < 4.78 is 0. The maximum Gasteiger partial charge on any atom is 0.317 e. The van der Waals surface area contributed by atoms with Crippen molar-refractivity contribution in [2.45, 2.75) is 65.8 Å². The molecule has 0 saturated carbocycles. The van der Waals surface area contributed by atoms with Crippen molar-refractivity contribution in [3.8, 4) is 0 Å². The fourth-order valence-electron chi connectivity index (χ4n) is 2.75. The van der Waals surface area contributed by atoms with Crippen molar-refractivity contribution in [1.29, 1.82) is 0 Å². The molecule has 1 aliphatic rings. The van der Waals surface area contributed by atoms with Crippen LogP contribution in [0.3, 0.4) is 0 Å². The monoisotopic (exact) mass is 284 g/mol. The second-order valence-corrected chi connectivity index (χ2v) is 7.20. The molecule has 118 valence electrons. The van der Waals surface area contributed by atoms with E-state index in [-0.39, 0.29) is 18.1 Å². The number of likely N-dealkylation sites (tertiary alicyclic amines) is 1. The van der Waals surface area contributed by atoms with Gasteiger partial charge in [0.05, 0.1) is 0 Å². The molecular weight excluding hydrogens is 252 g/mol. The molecule has 4 nitrogen and oxygen atoms in total. The van der Waals surface area contributed by atoms with Crippen LogP contribution in [0.1, 0.15) is 59.8 Å². The standard InChI is InChI=1S/C16H32N2O2/c1-13-7-5-8-14(2)18(11-13)15(20)17-10-6-9-16(3,4)12-19/h13-14,19H,5-12H2,1-4H3,(H,17,20)/t13-,14+/m1/s1. The van der Waals surface area contributed by atoms with Gasteiger partial charge in [-0.3, -0.25) is 0 Å². The first-order chi connectivity index (χ1) is 9.35. The van der Waals surface area contributed by atoms with Crippen LogP contribution in [0.4, 0.5) is 4.79 Å². The van der Waals surface area contributed by atoms with Crippen LogP contribution in [0.15, 0.2) is 0 Å². The lowest BCUT2D eigenvalue weighted by Gasteiger charge is -2.29. The van der Waals surface area contributed by atoms with Gasteiger partial charge >= 0.3 is 6.03 Å². The van der Waals surface area contributed by atoms with E-state index in [0.717, 1.165) is 25.8 Å². The number of nitrogens with zero attached hydrogens (tertiary/aromatic N) is 1. The molecule has 1 fully saturated rings. The van der Waals surface area contributed by atoms with Gasteiger partial charge in [0.15, 0.2) is 0 Å². The minimum atomic E-state index is -0.0465. The molecule has 0 radical (unpaired) electrons. The number of amides is 2. The van der Waals surface area contributed by atoms with Crippen LogP contribution < -0.4 is 5.32 Å². The Labute approximate surface area is 123 Å². The molecule has 0 bridgehead atoms. The molecule has 1 aliphatic heterocycles. The third-order valence-electron chi connectivity index (χ3n) is 4.35. The highest BCUT2D eigenvalue weighted by atomic mass is 16.3. The van der Waals surface area contributed by atoms with Crippen molar-refractivity contribution in [3.63, 3.8) is 0 Å². The molecule has 0 aromatic carbocycles. The van der Waals surface area contributed by atoms with Crippen molar-refractivity contribution in [2.75, 3.05) is 19.7 Å². The Morgan fingerprint density at radius 1 is 1.35 bits per heavy atom. The van der Waals surface area contributed by atoms with Crippen molar-refractivity contribution < 1.29 is 9.90 Å². The number of aliphatic hydroxyl groups excluding tert-OH is 1. The van der Waals surface area contributed by atoms with E-state index in [9.17, 15) is 9.90 Å². The molecule has 2 amide bonds. The zero-order valence-electron chi connectivity index (χ0n) is 13.6. The molecule has 1 saturated heterocycles. The predicted octanol–water partition coefficient (Wildman–Crippen LogP) is 3.01. The van der Waals surface area contributed by atoms with E-state index >= 15 is 0 Å². The highest BCUT2D eigenvalue weighted by Crippen LogP contribution is 2.22. The Morgan fingerprint density at radius 3 is 2.70 bits per heavy atom. The Bertz CT molecular complexity index is 305. The number of aliphatic hydroxyl groups is 1. The zero-order chi connectivity index (χ0) is 15.2. The van der Waals surface area contributed by atoms with Gasteiger partial charge in [0, 0.05) is 25.7 Å². The molecular formula is C16H32N2O2. The Morgan fingerprint density at radius 2 is 2.05 bits per heavy atom. The normalized spacial score (nSPS) is 24.4. The maximum atomic E-state index is 12.3. The quantitative estimate of drug-likeness (QED) is 0.763. The molecule has 0 aliphatic carbocycles. The third kappa shape index (κ3) is 5.70. The number of carbonyl (C=O) groups is 1. The first-order valence-electron chi connectivity index (χ1n) is 8.01. The van der Waals surface area contributed by atoms with E-state index in [1.165, 1.54) is 12.8 Å². The summed E-state index contributed by atoms with van der Waals surface area (Å²) in [6.07, 6.45) is 5.39. The topological polar surface area (TPSA) is 52.6 Å². The highest BCUT2D eigenvalue weighted by molar-refractivity contribution is 5.74. The Hall–Kier alpha value is -0.770. The molecule has 0 unspecified atom stereocenters. The number of nitrogens with one attached hydrogen (secondary N) is 1. The van der Waals surface area contributed by atoms with Gasteiger partial charge in [0.1, 0.15) is 0 Å². The molecule has 1 rings (SSSR count). The summed E-state index contributed by atoms with van der Waals surface area (Å²) >= 11 is 0. The van der Waals surface area contributed by atoms with Crippen LogP contribution in [-0.2, 0) is 0 Å². The maximum absolute atomic E-state index is 12.3. The average molecular weight is 284 g/mol. The van der Waals surface area contributed by atoms with Crippen LogP contribution >= 0.6 is 0 Å². The third-order valence-corrected chi connectivity index (χ3v) is 4.35. The van der Waals surface area contributed by atoms with Crippen LogP contribution in [0.5, 0.6) is 0 Å². The van der Waals surface area contributed by atoms with Gasteiger partial charge in [-0.1, -0.05) is 27.2 Å². The summed E-state index contributed by atoms with van der Waals surface area (Å²) in [5.74, 6) is 0.596. The van der Waals surface area contributed by atoms with Gasteiger partial charge in [0.25, 0.3) is 0 Å². The van der Waals surface area contributed by atoms with E-state index in [1.54, 1.807) is 0 Å². The van der Waals surface area contributed by atoms with Gasteiger partial charge in [-0.2, -0.15) is 0 Å². The van der Waals surface area contributed by atoms with E-state index in [1.807, 2.05) is 18.7 Å². The summed E-state index contributed by atoms with van der Waals surface area (Å²) in [6.45, 7) is 10.2. The Balaban J connectivity index is 2.34. The van der Waals surface area contributed by atoms with E-state index in [0.29, 0.717) is 18.5 Å². The summed E-state index contributed by atoms with van der Waals surface area (Å²) in [5.41, 5.74) is -0.0465. The molecule has 0 aromatic heterocycles. The van der Waals surface area contributed by atoms with Crippen LogP contribution in [0, 0.1) is 11.3 Å². The fraction of sp³-hybridized carbons (Fsp3) is 0.938. The predicted molar refractivity (Wildman–Crippen MR) is 82.7 cm³/mol. The van der Waals surface area contributed by atoms with Crippen molar-refractivity contribution in [1.82, 2.24) is 10.2 Å². The number of urea groups is 1. The molecule has 4 heteroatoms. The summed E-state index contributed by atoms with van der Waals surface area (Å²) in [4.78, 5) is 14.3. The van der Waals surface area contributed by atoms with Gasteiger partial charge in [-0.25, -0.2) is 4.79 Å². The zero-order valence-corrected chi connectivity index (χ0v) is 13.6. The smallest absolute Gasteiger partial charge is 0.317 e. The molecule has 20 heavy (non-hydrogen) atoms. The van der Waals surface area contributed by atoms with Crippen molar-refractivity contribution >= 4 is 6.03 Å². The van der Waals surface area contributed by atoms with E-state index in [4.69, 9.17) is 0 Å². The molecule has 0 aromatic rings. The Kier molecular flexibility index (Phi) is 6.80. The summed E-state index contributed by atoms with van der Waals surface area (Å²) in [7, 11) is 0. The average Bonchev–Trinajstić information content (AvgIpc) is 2.56. The highest BCUT2D eigenvalue weighted by Gasteiger charge is 2.25. The second-order valence-electron chi connectivity index (χ2n) is 7.20. The molecule has 0 spiro atoms. The minimum Gasteiger partial charge on any atom is -0.396 e. The molecule has 1 heterocycles. The lowest BCUT2D eigenvalue weighted by molar-refractivity contribution is 0.146. The number of hydrogen-bond acceptors (Lipinski definition) is 2. The van der Waals surface area contributed by atoms with Crippen LogP contribution in [-0.4, -0.2) is 41.8 Å². The van der Waals surface area contributed by atoms with E-state index < -0.39 is 0 Å². The lowest BCUT2D eigenvalue weighted by Crippen LogP contribution is -2.46. The number of hydrogen-bond donors (Lipinski definition) is 2. The fourth-order valence-corrected chi connectivity index (χ4v) is 2.75. The first kappa shape index (κ1) is 17.3. The largest absolute Gasteiger partial charge is 0.396 e. The minimum absolute atomic E-state index is 0.0465. The molecule has 2 atom stereocenters. The van der Waals surface area contributed by atoms with Gasteiger partial charge < -0.3 is 15.3 Å². The van der Waals surface area contributed by atoms with Crippen molar-refractivity contribution in [2.24, 2.45) is 11.3 Å². The lowest BCUT2D eigenvalue weighted by atomic mass is 9.89. The second kappa shape index (κ2) is 7.87. The van der Waals surface area contributed by atoms with Gasteiger partial charge in [-0.05, 0) is 43.9 Å². The SMILES string of the molecule is C[C@@H]1CCC[C@H](C)N(C(=O)NCCCC(C)(C)CO)C1.